The lowest BCUT2D eigenvalue weighted by Gasteiger charge is -2.11. The maximum absolute atomic E-state index is 9.18. The third-order valence-electron chi connectivity index (χ3n) is 2.82. The molecule has 1 atom stereocenters. The highest BCUT2D eigenvalue weighted by Gasteiger charge is 2.11. The van der Waals surface area contributed by atoms with Crippen LogP contribution < -0.4 is 5.32 Å². The van der Waals surface area contributed by atoms with Gasteiger partial charge < -0.3 is 10.3 Å². The number of aromatic nitrogens is 1. The third kappa shape index (κ3) is 1.74. The van der Waals surface area contributed by atoms with Gasteiger partial charge >= 0.3 is 0 Å². The Kier molecular flexibility index (Phi) is 2.82. The molecule has 2 aromatic rings. The van der Waals surface area contributed by atoms with Gasteiger partial charge in [-0.15, -0.1) is 0 Å². The molecule has 0 amide bonds. The molecule has 82 valence electrons. The Morgan fingerprint density at radius 1 is 1.44 bits per heavy atom. The van der Waals surface area contributed by atoms with Gasteiger partial charge in [-0.1, -0.05) is 25.1 Å². The molecule has 1 heterocycles. The van der Waals surface area contributed by atoms with Crippen LogP contribution in [0.1, 0.15) is 25.8 Å². The van der Waals surface area contributed by atoms with E-state index >= 15 is 0 Å². The number of fused-ring (bicyclic) bond motifs is 1. The second kappa shape index (κ2) is 4.28. The Morgan fingerprint density at radius 3 is 2.88 bits per heavy atom. The van der Waals surface area contributed by atoms with Gasteiger partial charge in [-0.3, -0.25) is 0 Å². The van der Waals surface area contributed by atoms with E-state index in [1.165, 1.54) is 0 Å². The van der Waals surface area contributed by atoms with E-state index in [1.54, 1.807) is 0 Å². The fourth-order valence-corrected chi connectivity index (χ4v) is 1.71. The van der Waals surface area contributed by atoms with E-state index in [0.717, 1.165) is 23.1 Å². The number of aromatic amines is 1. The molecular weight excluding hydrogens is 198 g/mol. The molecule has 0 aliphatic rings. The summed E-state index contributed by atoms with van der Waals surface area (Å²) in [5.41, 5.74) is 1.71. The van der Waals surface area contributed by atoms with Gasteiger partial charge in [0.1, 0.15) is 17.5 Å². The second-order valence-electron chi connectivity index (χ2n) is 3.99. The van der Waals surface area contributed by atoms with E-state index in [0.29, 0.717) is 11.6 Å². The average Bonchev–Trinajstić information content (AvgIpc) is 2.65. The summed E-state index contributed by atoms with van der Waals surface area (Å²) < 4.78 is 0. The van der Waals surface area contributed by atoms with Gasteiger partial charge in [-0.25, -0.2) is 0 Å². The molecule has 3 heteroatoms. The standard InChI is InChI=1S/C13H15N3/c1-3-9(2)15-13-11(8-14)10-6-4-5-7-12(10)16-13/h4-7,9,15-16H,3H2,1-2H3. The first-order valence-corrected chi connectivity index (χ1v) is 5.53. The van der Waals surface area contributed by atoms with Gasteiger partial charge in [-0.05, 0) is 19.4 Å². The number of nitrogens with one attached hydrogen (secondary N) is 2. The third-order valence-corrected chi connectivity index (χ3v) is 2.82. The number of benzene rings is 1. The lowest BCUT2D eigenvalue weighted by molar-refractivity contribution is 0.760. The Hall–Kier alpha value is -1.95. The number of hydrogen-bond acceptors (Lipinski definition) is 2. The Bertz CT molecular complexity index is 534. The van der Waals surface area contributed by atoms with E-state index in [4.69, 9.17) is 0 Å². The number of hydrogen-bond donors (Lipinski definition) is 2. The zero-order chi connectivity index (χ0) is 11.5. The molecule has 0 radical (unpaired) electrons. The number of H-pyrrole nitrogens is 1. The van der Waals surface area contributed by atoms with Gasteiger partial charge in [0, 0.05) is 16.9 Å². The van der Waals surface area contributed by atoms with Gasteiger partial charge in [0.2, 0.25) is 0 Å². The first-order valence-electron chi connectivity index (χ1n) is 5.53. The van der Waals surface area contributed by atoms with Crippen LogP contribution in [-0.4, -0.2) is 11.0 Å². The molecule has 0 saturated heterocycles. The predicted molar refractivity (Wildman–Crippen MR) is 66.4 cm³/mol. The topological polar surface area (TPSA) is 51.6 Å². The predicted octanol–water partition coefficient (Wildman–Crippen LogP) is 3.25. The number of rotatable bonds is 3. The summed E-state index contributed by atoms with van der Waals surface area (Å²) >= 11 is 0. The van der Waals surface area contributed by atoms with Gasteiger partial charge in [0.25, 0.3) is 0 Å². The lowest BCUT2D eigenvalue weighted by Crippen LogP contribution is -2.14. The van der Waals surface area contributed by atoms with Gasteiger partial charge in [0.15, 0.2) is 0 Å². The molecule has 2 N–H and O–H groups in total. The zero-order valence-corrected chi connectivity index (χ0v) is 9.54. The molecule has 0 saturated carbocycles. The van der Waals surface area contributed by atoms with Crippen molar-refractivity contribution in [3.63, 3.8) is 0 Å². The number of nitriles is 1. The molecule has 0 aliphatic carbocycles. The van der Waals surface area contributed by atoms with Crippen molar-refractivity contribution in [2.24, 2.45) is 0 Å². The van der Waals surface area contributed by atoms with Crippen molar-refractivity contribution >= 4 is 16.7 Å². The highest BCUT2D eigenvalue weighted by atomic mass is 15.0. The van der Waals surface area contributed by atoms with E-state index in [9.17, 15) is 5.26 Å². The fourth-order valence-electron chi connectivity index (χ4n) is 1.71. The SMILES string of the molecule is CCC(C)Nc1[nH]c2ccccc2c1C#N. The van der Waals surface area contributed by atoms with Crippen molar-refractivity contribution in [1.29, 1.82) is 5.26 Å². The Balaban J connectivity index is 2.49. The van der Waals surface area contributed by atoms with Crippen LogP contribution in [0.3, 0.4) is 0 Å². The summed E-state index contributed by atoms with van der Waals surface area (Å²) in [4.78, 5) is 3.25. The van der Waals surface area contributed by atoms with Crippen LogP contribution in [0.5, 0.6) is 0 Å². The van der Waals surface area contributed by atoms with Crippen LogP contribution in [0.4, 0.5) is 5.82 Å². The minimum Gasteiger partial charge on any atom is -0.368 e. The molecule has 0 aliphatic heterocycles. The molecule has 0 bridgehead atoms. The van der Waals surface area contributed by atoms with E-state index in [1.807, 2.05) is 24.3 Å². The van der Waals surface area contributed by atoms with E-state index in [-0.39, 0.29) is 0 Å². The van der Waals surface area contributed by atoms with Gasteiger partial charge in [-0.2, -0.15) is 5.26 Å². The maximum Gasteiger partial charge on any atom is 0.122 e. The monoisotopic (exact) mass is 213 g/mol. The normalized spacial score (nSPS) is 12.3. The van der Waals surface area contributed by atoms with E-state index < -0.39 is 0 Å². The summed E-state index contributed by atoms with van der Waals surface area (Å²) in [7, 11) is 0. The first kappa shape index (κ1) is 10.6. The average molecular weight is 213 g/mol. The van der Waals surface area contributed by atoms with Gasteiger partial charge in [0.05, 0.1) is 0 Å². The molecule has 1 aromatic heterocycles. The van der Waals surface area contributed by atoms with Crippen molar-refractivity contribution in [3.05, 3.63) is 29.8 Å². The van der Waals surface area contributed by atoms with Crippen molar-refractivity contribution in [1.82, 2.24) is 4.98 Å². The molecule has 1 aromatic carbocycles. The van der Waals surface area contributed by atoms with Crippen molar-refractivity contribution < 1.29 is 0 Å². The van der Waals surface area contributed by atoms with Crippen LogP contribution in [0, 0.1) is 11.3 Å². The quantitative estimate of drug-likeness (QED) is 0.822. The first-order chi connectivity index (χ1) is 7.76. The summed E-state index contributed by atoms with van der Waals surface area (Å²) in [5.74, 6) is 0.832. The molecule has 2 rings (SSSR count). The fraction of sp³-hybridized carbons (Fsp3) is 0.308. The minimum atomic E-state index is 0.361. The van der Waals surface area contributed by atoms with Crippen LogP contribution in [-0.2, 0) is 0 Å². The largest absolute Gasteiger partial charge is 0.368 e. The molecule has 1 unspecified atom stereocenters. The molecule has 3 nitrogen and oxygen atoms in total. The van der Waals surface area contributed by atoms with Crippen LogP contribution in [0.25, 0.3) is 10.9 Å². The number of nitrogens with zero attached hydrogens (tertiary/aromatic N) is 1. The lowest BCUT2D eigenvalue weighted by atomic mass is 10.2. The van der Waals surface area contributed by atoms with Crippen molar-refractivity contribution in [2.45, 2.75) is 26.3 Å². The van der Waals surface area contributed by atoms with E-state index in [2.05, 4.69) is 30.2 Å². The summed E-state index contributed by atoms with van der Waals surface area (Å²) in [5, 5.41) is 13.5. The number of anilines is 1. The smallest absolute Gasteiger partial charge is 0.122 e. The van der Waals surface area contributed by atoms with Crippen LogP contribution in [0.15, 0.2) is 24.3 Å². The maximum atomic E-state index is 9.18. The summed E-state index contributed by atoms with van der Waals surface area (Å²) in [6.45, 7) is 4.22. The van der Waals surface area contributed by atoms with Crippen molar-refractivity contribution in [3.8, 4) is 6.07 Å². The van der Waals surface area contributed by atoms with Crippen LogP contribution in [0.2, 0.25) is 0 Å². The highest BCUT2D eigenvalue weighted by molar-refractivity contribution is 5.91. The highest BCUT2D eigenvalue weighted by Crippen LogP contribution is 2.25. The summed E-state index contributed by atoms with van der Waals surface area (Å²) in [6.07, 6.45) is 1.03. The minimum absolute atomic E-state index is 0.361. The number of para-hydroxylation sites is 1. The summed E-state index contributed by atoms with van der Waals surface area (Å²) in [6, 6.07) is 10.5. The zero-order valence-electron chi connectivity index (χ0n) is 9.54. The Labute approximate surface area is 95.1 Å². The Morgan fingerprint density at radius 2 is 2.19 bits per heavy atom. The molecular formula is C13H15N3. The molecule has 16 heavy (non-hydrogen) atoms. The van der Waals surface area contributed by atoms with Crippen molar-refractivity contribution in [2.75, 3.05) is 5.32 Å². The second-order valence-corrected chi connectivity index (χ2v) is 3.99. The van der Waals surface area contributed by atoms with Crippen LogP contribution >= 0.6 is 0 Å². The molecule has 0 fully saturated rings. The molecule has 0 spiro atoms.